The van der Waals surface area contributed by atoms with E-state index in [0.29, 0.717) is 22.6 Å². The Kier molecular flexibility index (Phi) is 5.40. The molecule has 1 aromatic carbocycles. The van der Waals surface area contributed by atoms with Crippen LogP contribution >= 0.6 is 11.6 Å². The number of aryl methyl sites for hydroxylation is 2. The largest absolute Gasteiger partial charge is 0.379 e. The Balaban J connectivity index is 1.51. The number of morpholine rings is 1. The van der Waals surface area contributed by atoms with Crippen LogP contribution in [-0.4, -0.2) is 61.4 Å². The van der Waals surface area contributed by atoms with Gasteiger partial charge in [0.15, 0.2) is 11.2 Å². The lowest BCUT2D eigenvalue weighted by molar-refractivity contribution is 0.0381. The molecule has 1 aliphatic heterocycles. The van der Waals surface area contributed by atoms with Crippen LogP contribution < -0.4 is 11.2 Å². The second kappa shape index (κ2) is 8.23. The molecule has 0 bridgehead atoms. The third-order valence-corrected chi connectivity index (χ3v) is 6.41. The fourth-order valence-corrected chi connectivity index (χ4v) is 4.53. The van der Waals surface area contributed by atoms with E-state index in [9.17, 15) is 9.59 Å². The van der Waals surface area contributed by atoms with E-state index in [0.717, 1.165) is 55.3 Å². The first-order chi connectivity index (χ1) is 15.4. The summed E-state index contributed by atoms with van der Waals surface area (Å²) in [6.07, 6.45) is 0.696. The predicted molar refractivity (Wildman–Crippen MR) is 124 cm³/mol. The van der Waals surface area contributed by atoms with Crippen LogP contribution in [0, 0.1) is 0 Å². The topological polar surface area (TPSA) is 90.1 Å². The van der Waals surface area contributed by atoms with Crippen molar-refractivity contribution in [3.05, 3.63) is 61.6 Å². The normalized spacial score (nSPS) is 15.2. The molecule has 0 saturated carbocycles. The summed E-state index contributed by atoms with van der Waals surface area (Å²) in [5, 5.41) is 1.57. The number of nitrogens with one attached hydrogen (secondary N) is 1. The van der Waals surface area contributed by atoms with Crippen molar-refractivity contribution in [3.8, 4) is 0 Å². The summed E-state index contributed by atoms with van der Waals surface area (Å²) in [6.45, 7) is 4.24. The van der Waals surface area contributed by atoms with Gasteiger partial charge in [0.25, 0.3) is 5.56 Å². The maximum atomic E-state index is 13.3. The van der Waals surface area contributed by atoms with Gasteiger partial charge in [0.1, 0.15) is 5.82 Å². The molecule has 0 spiro atoms. The third kappa shape index (κ3) is 3.66. The number of H-pyrrole nitrogens is 1. The number of halogens is 1. The maximum absolute atomic E-state index is 13.3. The summed E-state index contributed by atoms with van der Waals surface area (Å²) < 4.78 is 9.92. The molecule has 5 rings (SSSR count). The number of imidazole rings is 1. The van der Waals surface area contributed by atoms with Gasteiger partial charge in [-0.2, -0.15) is 0 Å². The Morgan fingerprint density at radius 2 is 1.91 bits per heavy atom. The highest BCUT2D eigenvalue weighted by molar-refractivity contribution is 6.31. The molecule has 0 unspecified atom stereocenters. The summed E-state index contributed by atoms with van der Waals surface area (Å²) in [4.78, 5) is 36.6. The molecule has 0 aliphatic carbocycles. The molecule has 10 heteroatoms. The number of benzene rings is 1. The van der Waals surface area contributed by atoms with Crippen molar-refractivity contribution < 1.29 is 4.74 Å². The summed E-state index contributed by atoms with van der Waals surface area (Å²) in [6, 6.07) is 7.44. The van der Waals surface area contributed by atoms with Crippen molar-refractivity contribution in [2.24, 2.45) is 14.1 Å². The fraction of sp³-hybridized carbons (Fsp3) is 0.409. The van der Waals surface area contributed by atoms with Crippen molar-refractivity contribution >= 4 is 33.7 Å². The summed E-state index contributed by atoms with van der Waals surface area (Å²) >= 11 is 6.08. The Morgan fingerprint density at radius 3 is 2.69 bits per heavy atom. The van der Waals surface area contributed by atoms with Crippen molar-refractivity contribution in [2.45, 2.75) is 13.0 Å². The number of nitrogens with zero attached hydrogens (tertiary/aromatic N) is 5. The Morgan fingerprint density at radius 1 is 1.12 bits per heavy atom. The molecule has 1 aliphatic rings. The molecular formula is C22H25ClN6O3. The summed E-state index contributed by atoms with van der Waals surface area (Å²) in [7, 11) is 3.50. The molecule has 4 aromatic rings. The van der Waals surface area contributed by atoms with E-state index in [1.807, 2.05) is 29.8 Å². The molecule has 0 amide bonds. The van der Waals surface area contributed by atoms with Crippen molar-refractivity contribution in [2.75, 3.05) is 32.8 Å². The van der Waals surface area contributed by atoms with E-state index in [2.05, 4.69) is 14.9 Å². The number of aromatic nitrogens is 5. The van der Waals surface area contributed by atoms with Gasteiger partial charge in [-0.1, -0.05) is 11.6 Å². The maximum Gasteiger partial charge on any atom is 0.332 e. The van der Waals surface area contributed by atoms with Gasteiger partial charge in [-0.15, -0.1) is 0 Å². The van der Waals surface area contributed by atoms with E-state index in [1.165, 1.54) is 9.13 Å². The van der Waals surface area contributed by atoms with E-state index >= 15 is 0 Å². The zero-order chi connectivity index (χ0) is 22.4. The number of hydrogen-bond donors (Lipinski definition) is 1. The van der Waals surface area contributed by atoms with Crippen LogP contribution in [0.25, 0.3) is 22.1 Å². The van der Waals surface area contributed by atoms with Gasteiger partial charge in [-0.05, 0) is 24.3 Å². The zero-order valence-corrected chi connectivity index (χ0v) is 18.9. The monoisotopic (exact) mass is 456 g/mol. The lowest BCUT2D eigenvalue weighted by Gasteiger charge is -2.26. The van der Waals surface area contributed by atoms with Crippen LogP contribution in [-0.2, 0) is 31.8 Å². The minimum Gasteiger partial charge on any atom is -0.379 e. The lowest BCUT2D eigenvalue weighted by atomic mass is 10.2. The first kappa shape index (κ1) is 21.0. The van der Waals surface area contributed by atoms with Gasteiger partial charge in [-0.25, -0.2) is 9.78 Å². The van der Waals surface area contributed by atoms with E-state index in [4.69, 9.17) is 16.3 Å². The summed E-state index contributed by atoms with van der Waals surface area (Å²) in [5.74, 6) is 0.789. The minimum absolute atomic E-state index is 0.141. The van der Waals surface area contributed by atoms with Gasteiger partial charge in [-0.3, -0.25) is 18.8 Å². The number of ether oxygens (including phenoxy) is 1. The van der Waals surface area contributed by atoms with Crippen LogP contribution in [0.4, 0.5) is 0 Å². The molecule has 1 N–H and O–H groups in total. The predicted octanol–water partition coefficient (Wildman–Crippen LogP) is 1.49. The van der Waals surface area contributed by atoms with Gasteiger partial charge >= 0.3 is 5.69 Å². The Labute approximate surface area is 188 Å². The van der Waals surface area contributed by atoms with Crippen LogP contribution in [0.1, 0.15) is 11.5 Å². The van der Waals surface area contributed by atoms with E-state index in [1.54, 1.807) is 13.1 Å². The van der Waals surface area contributed by atoms with Gasteiger partial charge in [0, 0.05) is 61.8 Å². The van der Waals surface area contributed by atoms with Gasteiger partial charge in [0.05, 0.1) is 19.8 Å². The molecule has 9 nitrogen and oxygen atoms in total. The molecule has 4 heterocycles. The third-order valence-electron chi connectivity index (χ3n) is 6.17. The number of aromatic amines is 1. The lowest BCUT2D eigenvalue weighted by Crippen LogP contribution is -2.40. The van der Waals surface area contributed by atoms with Gasteiger partial charge in [0.2, 0.25) is 0 Å². The molecule has 1 fully saturated rings. The first-order valence-electron chi connectivity index (χ1n) is 10.6. The molecule has 0 radical (unpaired) electrons. The van der Waals surface area contributed by atoms with E-state index < -0.39 is 5.69 Å². The van der Waals surface area contributed by atoms with Crippen LogP contribution in [0.2, 0.25) is 5.02 Å². The quantitative estimate of drug-likeness (QED) is 0.491. The van der Waals surface area contributed by atoms with Crippen LogP contribution in [0.3, 0.4) is 0 Å². The molecule has 168 valence electrons. The second-order valence-electron chi connectivity index (χ2n) is 8.22. The minimum atomic E-state index is -0.392. The molecule has 0 atom stereocenters. The molecule has 32 heavy (non-hydrogen) atoms. The molecule has 1 saturated heterocycles. The highest BCUT2D eigenvalue weighted by atomic mass is 35.5. The van der Waals surface area contributed by atoms with Crippen LogP contribution in [0.5, 0.6) is 0 Å². The second-order valence-corrected chi connectivity index (χ2v) is 8.66. The highest BCUT2D eigenvalue weighted by Gasteiger charge is 2.20. The standard InChI is InChI=1S/C22H25ClN6O3/c1-26-18(5-6-28-7-9-32-10-8-28)25-20-19(26)21(30)29(22(31)27(20)2)13-16-12-14-11-15(23)3-4-17(14)24-16/h3-4,11-12,24H,5-10,13H2,1-2H3. The number of fused-ring (bicyclic) bond motifs is 2. The average Bonchev–Trinajstić information content (AvgIpc) is 3.34. The Hall–Kier alpha value is -2.88. The van der Waals surface area contributed by atoms with Crippen molar-refractivity contribution in [1.82, 2.24) is 28.6 Å². The highest BCUT2D eigenvalue weighted by Crippen LogP contribution is 2.20. The van der Waals surface area contributed by atoms with Crippen molar-refractivity contribution in [1.29, 1.82) is 0 Å². The first-order valence-corrected chi connectivity index (χ1v) is 11.0. The molecule has 3 aromatic heterocycles. The fourth-order valence-electron chi connectivity index (χ4n) is 4.35. The summed E-state index contributed by atoms with van der Waals surface area (Å²) in [5.41, 5.74) is 1.78. The smallest absolute Gasteiger partial charge is 0.332 e. The van der Waals surface area contributed by atoms with Crippen LogP contribution in [0.15, 0.2) is 33.9 Å². The Bertz CT molecular complexity index is 1420. The van der Waals surface area contributed by atoms with Crippen molar-refractivity contribution in [3.63, 3.8) is 0 Å². The SMILES string of the molecule is Cn1c(CCN2CCOCC2)nc2c1c(=O)n(Cc1cc3cc(Cl)ccc3[nH]1)c(=O)n2C. The van der Waals surface area contributed by atoms with E-state index in [-0.39, 0.29) is 12.1 Å². The zero-order valence-electron chi connectivity index (χ0n) is 18.1. The van der Waals surface area contributed by atoms with Gasteiger partial charge < -0.3 is 14.3 Å². The average molecular weight is 457 g/mol. The number of rotatable bonds is 5. The number of hydrogen-bond acceptors (Lipinski definition) is 5. The molecular weight excluding hydrogens is 432 g/mol.